The first kappa shape index (κ1) is 18.1. The predicted octanol–water partition coefficient (Wildman–Crippen LogP) is 5.48. The highest BCUT2D eigenvalue weighted by Gasteiger charge is 2.13. The topological polar surface area (TPSA) is 55.0 Å². The van der Waals surface area contributed by atoms with E-state index in [0.29, 0.717) is 27.9 Å². The molecule has 7 heteroatoms. The van der Waals surface area contributed by atoms with Crippen molar-refractivity contribution in [2.75, 3.05) is 12.4 Å². The van der Waals surface area contributed by atoms with Crippen LogP contribution in [0.5, 0.6) is 5.75 Å². The van der Waals surface area contributed by atoms with Gasteiger partial charge in [0.05, 0.1) is 12.0 Å². The van der Waals surface area contributed by atoms with Crippen molar-refractivity contribution in [3.8, 4) is 16.9 Å². The summed E-state index contributed by atoms with van der Waals surface area (Å²) in [7, 11) is 0. The molecule has 0 unspecified atom stereocenters. The van der Waals surface area contributed by atoms with Gasteiger partial charge >= 0.3 is 0 Å². The van der Waals surface area contributed by atoms with Crippen molar-refractivity contribution < 1.29 is 4.74 Å². The second-order valence-corrected chi connectivity index (χ2v) is 8.10. The fourth-order valence-electron chi connectivity index (χ4n) is 2.66. The number of aromatic nitrogens is 2. The first-order valence-corrected chi connectivity index (χ1v) is 10.5. The van der Waals surface area contributed by atoms with Gasteiger partial charge in [0.25, 0.3) is 5.56 Å². The normalized spacial score (nSPS) is 11.0. The van der Waals surface area contributed by atoms with E-state index in [1.165, 1.54) is 23.1 Å². The summed E-state index contributed by atoms with van der Waals surface area (Å²) in [5, 5.41) is 3.92. The standard InChI is InChI=1S/C20H15ClN2O2S2/c21-14-6-8-15(9-7-14)25-10-11-26-20-22-18(24)17-16(12-27-19(17)23-20)13-4-2-1-3-5-13/h1-9,12H,10-11H2,(H,22,23,24). The van der Waals surface area contributed by atoms with Crippen LogP contribution < -0.4 is 10.3 Å². The molecule has 0 radical (unpaired) electrons. The van der Waals surface area contributed by atoms with Crippen molar-refractivity contribution in [2.45, 2.75) is 5.16 Å². The number of nitrogens with one attached hydrogen (secondary N) is 1. The quantitative estimate of drug-likeness (QED) is 0.258. The van der Waals surface area contributed by atoms with Crippen molar-refractivity contribution in [2.24, 2.45) is 0 Å². The SMILES string of the molecule is O=c1[nH]c(SCCOc2ccc(Cl)cc2)nc2scc(-c3ccccc3)c12. The maximum absolute atomic E-state index is 12.6. The lowest BCUT2D eigenvalue weighted by Crippen LogP contribution is -2.09. The molecule has 0 aliphatic heterocycles. The number of benzene rings is 2. The first-order chi connectivity index (χ1) is 13.2. The summed E-state index contributed by atoms with van der Waals surface area (Å²) in [5.41, 5.74) is 1.83. The van der Waals surface area contributed by atoms with Crippen molar-refractivity contribution in [3.05, 3.63) is 75.4 Å². The Morgan fingerprint density at radius 1 is 1.11 bits per heavy atom. The summed E-state index contributed by atoms with van der Waals surface area (Å²) >= 11 is 8.81. The van der Waals surface area contributed by atoms with Crippen molar-refractivity contribution in [1.82, 2.24) is 9.97 Å². The molecule has 27 heavy (non-hydrogen) atoms. The van der Waals surface area contributed by atoms with Gasteiger partial charge in [0, 0.05) is 21.7 Å². The molecule has 0 bridgehead atoms. The van der Waals surface area contributed by atoms with Crippen molar-refractivity contribution in [1.29, 1.82) is 0 Å². The molecule has 1 N–H and O–H groups in total. The number of nitrogens with zero attached hydrogens (tertiary/aromatic N) is 1. The van der Waals surface area contributed by atoms with Gasteiger partial charge in [0.1, 0.15) is 10.6 Å². The van der Waals surface area contributed by atoms with Gasteiger partial charge < -0.3 is 9.72 Å². The van der Waals surface area contributed by atoms with E-state index in [1.807, 2.05) is 47.8 Å². The van der Waals surface area contributed by atoms with E-state index in [2.05, 4.69) is 9.97 Å². The number of hydrogen-bond acceptors (Lipinski definition) is 5. The third kappa shape index (κ3) is 4.18. The molecule has 4 nitrogen and oxygen atoms in total. The summed E-state index contributed by atoms with van der Waals surface area (Å²) < 4.78 is 5.67. The molecule has 0 atom stereocenters. The number of rotatable bonds is 6. The van der Waals surface area contributed by atoms with E-state index >= 15 is 0 Å². The van der Waals surface area contributed by atoms with Gasteiger partial charge in [-0.3, -0.25) is 4.79 Å². The summed E-state index contributed by atoms with van der Waals surface area (Å²) in [6.07, 6.45) is 0. The third-order valence-electron chi connectivity index (χ3n) is 3.91. The number of thioether (sulfide) groups is 1. The monoisotopic (exact) mass is 414 g/mol. The highest BCUT2D eigenvalue weighted by Crippen LogP contribution is 2.31. The molecule has 0 fully saturated rings. The number of thiophene rings is 1. The molecule has 0 saturated heterocycles. The summed E-state index contributed by atoms with van der Waals surface area (Å²) in [6, 6.07) is 17.1. The number of ether oxygens (including phenoxy) is 1. The Labute approximate surface area is 169 Å². The fourth-order valence-corrected chi connectivity index (χ4v) is 4.47. The maximum atomic E-state index is 12.6. The molecule has 0 amide bonds. The van der Waals surface area contributed by atoms with E-state index in [9.17, 15) is 4.79 Å². The molecule has 2 heterocycles. The molecular formula is C20H15ClN2O2S2. The fraction of sp³-hybridized carbons (Fsp3) is 0.100. The molecule has 0 aliphatic carbocycles. The lowest BCUT2D eigenvalue weighted by molar-refractivity contribution is 0.344. The number of H-pyrrole nitrogens is 1. The predicted molar refractivity (Wildman–Crippen MR) is 113 cm³/mol. The van der Waals surface area contributed by atoms with Gasteiger partial charge in [-0.2, -0.15) is 0 Å². The zero-order chi connectivity index (χ0) is 18.6. The van der Waals surface area contributed by atoms with Gasteiger partial charge in [-0.25, -0.2) is 4.98 Å². The second-order valence-electron chi connectivity index (χ2n) is 5.72. The number of hydrogen-bond donors (Lipinski definition) is 1. The Hall–Kier alpha value is -2.28. The van der Waals surface area contributed by atoms with Gasteiger partial charge in [-0.1, -0.05) is 53.7 Å². The number of fused-ring (bicyclic) bond motifs is 1. The van der Waals surface area contributed by atoms with Crippen LogP contribution in [0.1, 0.15) is 0 Å². The van der Waals surface area contributed by atoms with Crippen LogP contribution in [0.2, 0.25) is 5.02 Å². The van der Waals surface area contributed by atoms with Crippen molar-refractivity contribution >= 4 is 44.9 Å². The molecule has 4 rings (SSSR count). The highest BCUT2D eigenvalue weighted by atomic mass is 35.5. The molecule has 0 saturated carbocycles. The van der Waals surface area contributed by atoms with Crippen LogP contribution in [0.15, 0.2) is 69.9 Å². The summed E-state index contributed by atoms with van der Waals surface area (Å²) in [5.74, 6) is 1.44. The molecular weight excluding hydrogens is 400 g/mol. The molecule has 0 spiro atoms. The van der Waals surface area contributed by atoms with Crippen LogP contribution >= 0.6 is 34.7 Å². The van der Waals surface area contributed by atoms with Crippen LogP contribution in [0.3, 0.4) is 0 Å². The largest absolute Gasteiger partial charge is 0.493 e. The van der Waals surface area contributed by atoms with Crippen LogP contribution in [0.4, 0.5) is 0 Å². The van der Waals surface area contributed by atoms with E-state index < -0.39 is 0 Å². The Morgan fingerprint density at radius 3 is 2.67 bits per heavy atom. The van der Waals surface area contributed by atoms with E-state index in [0.717, 1.165) is 21.7 Å². The maximum Gasteiger partial charge on any atom is 0.260 e. The Kier molecular flexibility index (Phi) is 5.48. The van der Waals surface area contributed by atoms with Gasteiger partial charge in [-0.05, 0) is 29.8 Å². The Bertz CT molecular complexity index is 1110. The first-order valence-electron chi connectivity index (χ1n) is 8.29. The molecule has 2 aromatic heterocycles. The molecule has 0 aliphatic rings. The van der Waals surface area contributed by atoms with Crippen LogP contribution in [-0.4, -0.2) is 22.3 Å². The molecule has 2 aromatic carbocycles. The number of aromatic amines is 1. The smallest absolute Gasteiger partial charge is 0.260 e. The van der Waals surface area contributed by atoms with Gasteiger partial charge in [-0.15, -0.1) is 11.3 Å². The third-order valence-corrected chi connectivity index (χ3v) is 5.87. The minimum Gasteiger partial charge on any atom is -0.493 e. The molecule has 136 valence electrons. The van der Waals surface area contributed by atoms with Gasteiger partial charge in [0.2, 0.25) is 0 Å². The zero-order valence-corrected chi connectivity index (χ0v) is 16.5. The van der Waals surface area contributed by atoms with Crippen LogP contribution in [0.25, 0.3) is 21.3 Å². The summed E-state index contributed by atoms with van der Waals surface area (Å²) in [4.78, 5) is 20.8. The number of halogens is 1. The van der Waals surface area contributed by atoms with Crippen molar-refractivity contribution in [3.63, 3.8) is 0 Å². The molecule has 4 aromatic rings. The minimum atomic E-state index is -0.110. The highest BCUT2D eigenvalue weighted by molar-refractivity contribution is 7.99. The minimum absolute atomic E-state index is 0.110. The van der Waals surface area contributed by atoms with Crippen LogP contribution in [-0.2, 0) is 0 Å². The zero-order valence-electron chi connectivity index (χ0n) is 14.1. The lowest BCUT2D eigenvalue weighted by Gasteiger charge is -2.06. The van der Waals surface area contributed by atoms with E-state index in [-0.39, 0.29) is 5.56 Å². The van der Waals surface area contributed by atoms with Crippen LogP contribution in [0, 0.1) is 0 Å². The average Bonchev–Trinajstić information content (AvgIpc) is 3.12. The summed E-state index contributed by atoms with van der Waals surface area (Å²) in [6.45, 7) is 0.508. The van der Waals surface area contributed by atoms with E-state index in [1.54, 1.807) is 12.1 Å². The Morgan fingerprint density at radius 2 is 1.89 bits per heavy atom. The Balaban J connectivity index is 1.46. The second kappa shape index (κ2) is 8.17. The van der Waals surface area contributed by atoms with E-state index in [4.69, 9.17) is 16.3 Å². The van der Waals surface area contributed by atoms with Gasteiger partial charge in [0.15, 0.2) is 5.16 Å². The average molecular weight is 415 g/mol. The lowest BCUT2D eigenvalue weighted by atomic mass is 10.1.